The Hall–Kier alpha value is -3.76. The Morgan fingerprint density at radius 3 is 2.00 bits per heavy atom. The highest BCUT2D eigenvalue weighted by molar-refractivity contribution is 9.08. The fourth-order valence-electron chi connectivity index (χ4n) is 4.41. The highest BCUT2D eigenvalue weighted by atomic mass is 79.9. The van der Waals surface area contributed by atoms with E-state index in [1.807, 2.05) is 28.9 Å². The quantitative estimate of drug-likeness (QED) is 0.236. The molecule has 2 aromatic heterocycles. The molecule has 0 spiro atoms. The van der Waals surface area contributed by atoms with Crippen LogP contribution in [0, 0.1) is 0 Å². The summed E-state index contributed by atoms with van der Waals surface area (Å²) in [6, 6.07) is 37.7. The van der Waals surface area contributed by atoms with Crippen molar-refractivity contribution in [1.82, 2.24) is 14.8 Å². The van der Waals surface area contributed by atoms with Gasteiger partial charge in [0.1, 0.15) is 5.69 Å². The zero-order chi connectivity index (χ0) is 22.2. The molecule has 0 amide bonds. The smallest absolute Gasteiger partial charge is 0.164 e. The third-order valence-electron chi connectivity index (χ3n) is 5.93. The Morgan fingerprint density at radius 2 is 1.33 bits per heavy atom. The van der Waals surface area contributed by atoms with Crippen molar-refractivity contribution in [2.24, 2.45) is 0 Å². The second-order valence-electron chi connectivity index (χ2n) is 8.00. The molecule has 0 aliphatic heterocycles. The maximum absolute atomic E-state index is 5.15. The summed E-state index contributed by atoms with van der Waals surface area (Å²) in [5, 5.41) is 8.12. The molecular weight excluding hydrogens is 470 g/mol. The Kier molecular flexibility index (Phi) is 5.00. The van der Waals surface area contributed by atoms with E-state index in [2.05, 4.69) is 101 Å². The standard InChI is InChI=1S/C29H20BrN3/c30-19-20-16-17-25-24(18-20)26(21-10-4-1-5-11-21)27-28(22-12-6-2-7-13-22)32-33(29(27)31-25)23-14-8-3-9-15-23/h1-18H,19H2. The van der Waals surface area contributed by atoms with Gasteiger partial charge in [-0.05, 0) is 35.4 Å². The number of fused-ring (bicyclic) bond motifs is 2. The molecule has 0 N–H and O–H groups in total. The lowest BCUT2D eigenvalue weighted by molar-refractivity contribution is 0.903. The molecule has 0 saturated heterocycles. The minimum Gasteiger partial charge on any atom is -0.228 e. The normalized spacial score (nSPS) is 11.3. The summed E-state index contributed by atoms with van der Waals surface area (Å²) in [5.74, 6) is 0. The topological polar surface area (TPSA) is 30.7 Å². The number of pyridine rings is 1. The Labute approximate surface area is 200 Å². The van der Waals surface area contributed by atoms with E-state index in [9.17, 15) is 0 Å². The lowest BCUT2D eigenvalue weighted by Gasteiger charge is -2.12. The van der Waals surface area contributed by atoms with Crippen LogP contribution in [0.25, 0.3) is 50.0 Å². The van der Waals surface area contributed by atoms with Crippen molar-refractivity contribution in [3.05, 3.63) is 115 Å². The molecule has 158 valence electrons. The Balaban J connectivity index is 1.83. The number of benzene rings is 4. The number of nitrogens with zero attached hydrogens (tertiary/aromatic N) is 3. The largest absolute Gasteiger partial charge is 0.228 e. The summed E-state index contributed by atoms with van der Waals surface area (Å²) in [6.07, 6.45) is 0. The first-order valence-corrected chi connectivity index (χ1v) is 12.0. The predicted molar refractivity (Wildman–Crippen MR) is 140 cm³/mol. The molecule has 4 aromatic carbocycles. The fraction of sp³-hybridized carbons (Fsp3) is 0.0345. The van der Waals surface area contributed by atoms with Crippen LogP contribution < -0.4 is 0 Å². The van der Waals surface area contributed by atoms with E-state index in [1.165, 1.54) is 11.1 Å². The van der Waals surface area contributed by atoms with Gasteiger partial charge in [-0.1, -0.05) is 101 Å². The molecule has 6 rings (SSSR count). The molecule has 0 unspecified atom stereocenters. The molecule has 6 aromatic rings. The van der Waals surface area contributed by atoms with Crippen LogP contribution in [0.15, 0.2) is 109 Å². The Bertz CT molecular complexity index is 1570. The molecule has 4 heteroatoms. The van der Waals surface area contributed by atoms with Crippen LogP contribution in [-0.4, -0.2) is 14.8 Å². The van der Waals surface area contributed by atoms with Gasteiger partial charge in [0.15, 0.2) is 5.65 Å². The van der Waals surface area contributed by atoms with E-state index in [0.29, 0.717) is 0 Å². The van der Waals surface area contributed by atoms with Crippen LogP contribution in [0.3, 0.4) is 0 Å². The van der Waals surface area contributed by atoms with Gasteiger partial charge < -0.3 is 0 Å². The number of halogens is 1. The second-order valence-corrected chi connectivity index (χ2v) is 8.56. The predicted octanol–water partition coefficient (Wildman–Crippen LogP) is 7.80. The van der Waals surface area contributed by atoms with Gasteiger partial charge in [-0.15, -0.1) is 0 Å². The van der Waals surface area contributed by atoms with Crippen molar-refractivity contribution in [1.29, 1.82) is 0 Å². The zero-order valence-corrected chi connectivity index (χ0v) is 19.4. The average molecular weight is 490 g/mol. The van der Waals surface area contributed by atoms with Crippen LogP contribution in [0.5, 0.6) is 0 Å². The van der Waals surface area contributed by atoms with E-state index >= 15 is 0 Å². The number of aromatic nitrogens is 3. The molecule has 0 aliphatic rings. The van der Waals surface area contributed by atoms with Gasteiger partial charge in [-0.25, -0.2) is 9.67 Å². The molecule has 0 saturated carbocycles. The van der Waals surface area contributed by atoms with Crippen LogP contribution >= 0.6 is 15.9 Å². The van der Waals surface area contributed by atoms with E-state index < -0.39 is 0 Å². The van der Waals surface area contributed by atoms with Gasteiger partial charge in [0.2, 0.25) is 0 Å². The molecule has 0 atom stereocenters. The van der Waals surface area contributed by atoms with Crippen molar-refractivity contribution in [3.63, 3.8) is 0 Å². The minimum absolute atomic E-state index is 0.796. The summed E-state index contributed by atoms with van der Waals surface area (Å²) in [7, 11) is 0. The van der Waals surface area contributed by atoms with E-state index in [4.69, 9.17) is 10.1 Å². The van der Waals surface area contributed by atoms with Gasteiger partial charge in [0.25, 0.3) is 0 Å². The van der Waals surface area contributed by atoms with E-state index in [-0.39, 0.29) is 0 Å². The van der Waals surface area contributed by atoms with Crippen LogP contribution in [-0.2, 0) is 5.33 Å². The first-order chi connectivity index (χ1) is 16.3. The summed E-state index contributed by atoms with van der Waals surface area (Å²) in [5.41, 5.74) is 8.37. The first-order valence-electron chi connectivity index (χ1n) is 10.9. The second kappa shape index (κ2) is 8.30. The van der Waals surface area contributed by atoms with E-state index in [0.717, 1.165) is 49.8 Å². The lowest BCUT2D eigenvalue weighted by atomic mass is 9.94. The third-order valence-corrected chi connectivity index (χ3v) is 6.58. The summed E-state index contributed by atoms with van der Waals surface area (Å²) in [4.78, 5) is 5.15. The molecule has 3 nitrogen and oxygen atoms in total. The summed E-state index contributed by atoms with van der Waals surface area (Å²) < 4.78 is 1.97. The number of hydrogen-bond donors (Lipinski definition) is 0. The highest BCUT2D eigenvalue weighted by Crippen LogP contribution is 2.41. The number of rotatable bonds is 4. The van der Waals surface area contributed by atoms with Crippen molar-refractivity contribution >= 4 is 37.9 Å². The van der Waals surface area contributed by atoms with Crippen molar-refractivity contribution in [2.45, 2.75) is 5.33 Å². The lowest BCUT2D eigenvalue weighted by Crippen LogP contribution is -1.98. The summed E-state index contributed by atoms with van der Waals surface area (Å²) in [6.45, 7) is 0. The third kappa shape index (κ3) is 3.43. The number of alkyl halides is 1. The van der Waals surface area contributed by atoms with Crippen molar-refractivity contribution in [2.75, 3.05) is 0 Å². The SMILES string of the molecule is BrCc1ccc2nc3c(c(-c4ccccc4)nn3-c3ccccc3)c(-c3ccccc3)c2c1. The molecule has 0 aliphatic carbocycles. The van der Waals surface area contributed by atoms with Gasteiger partial charge >= 0.3 is 0 Å². The Morgan fingerprint density at radius 1 is 0.697 bits per heavy atom. The van der Waals surface area contributed by atoms with Gasteiger partial charge in [0, 0.05) is 21.8 Å². The van der Waals surface area contributed by atoms with E-state index in [1.54, 1.807) is 0 Å². The maximum Gasteiger partial charge on any atom is 0.164 e. The zero-order valence-electron chi connectivity index (χ0n) is 17.8. The van der Waals surface area contributed by atoms with Crippen molar-refractivity contribution in [3.8, 4) is 28.1 Å². The fourth-order valence-corrected chi connectivity index (χ4v) is 4.76. The molecule has 0 bridgehead atoms. The molecule has 2 heterocycles. The molecule has 0 fully saturated rings. The highest BCUT2D eigenvalue weighted by Gasteiger charge is 2.22. The average Bonchev–Trinajstić information content (AvgIpc) is 3.27. The summed E-state index contributed by atoms with van der Waals surface area (Å²) >= 11 is 3.62. The van der Waals surface area contributed by atoms with Gasteiger partial charge in [0.05, 0.1) is 16.6 Å². The van der Waals surface area contributed by atoms with Crippen LogP contribution in [0.2, 0.25) is 0 Å². The van der Waals surface area contributed by atoms with Crippen molar-refractivity contribution < 1.29 is 0 Å². The van der Waals surface area contributed by atoms with Gasteiger partial charge in [-0.3, -0.25) is 0 Å². The number of hydrogen-bond acceptors (Lipinski definition) is 2. The number of para-hydroxylation sites is 1. The minimum atomic E-state index is 0.796. The monoisotopic (exact) mass is 489 g/mol. The molecule has 0 radical (unpaired) electrons. The maximum atomic E-state index is 5.15. The van der Waals surface area contributed by atoms with Gasteiger partial charge in [-0.2, -0.15) is 5.10 Å². The first kappa shape index (κ1) is 19.9. The molecular formula is C29H20BrN3. The van der Waals surface area contributed by atoms with Crippen LogP contribution in [0.4, 0.5) is 0 Å². The van der Waals surface area contributed by atoms with Crippen LogP contribution in [0.1, 0.15) is 5.56 Å². The molecule has 33 heavy (non-hydrogen) atoms.